The van der Waals surface area contributed by atoms with Crippen molar-refractivity contribution in [3.05, 3.63) is 71.0 Å². The van der Waals surface area contributed by atoms with E-state index >= 15 is 0 Å². The van der Waals surface area contributed by atoms with Gasteiger partial charge in [-0.25, -0.2) is 12.8 Å². The van der Waals surface area contributed by atoms with Gasteiger partial charge < -0.3 is 4.74 Å². The zero-order valence-corrected chi connectivity index (χ0v) is 14.7. The summed E-state index contributed by atoms with van der Waals surface area (Å²) in [6.07, 6.45) is 0. The summed E-state index contributed by atoms with van der Waals surface area (Å²) >= 11 is 0. The molecule has 0 N–H and O–H groups in total. The number of carbonyl (C=O) groups is 1. The van der Waals surface area contributed by atoms with E-state index in [1.165, 1.54) is 12.1 Å². The molecule has 0 aromatic heterocycles. The largest absolute Gasteiger partial charge is 0.478 e. The third-order valence-electron chi connectivity index (χ3n) is 4.04. The molecule has 0 saturated carbocycles. The van der Waals surface area contributed by atoms with Crippen LogP contribution in [0.1, 0.15) is 30.5 Å². The average Bonchev–Trinajstić information content (AvgIpc) is 2.80. The second-order valence-corrected chi connectivity index (χ2v) is 7.29. The topological polar surface area (TPSA) is 60.4 Å². The molecule has 130 valence electrons. The molecule has 4 nitrogen and oxygen atoms in total. The van der Waals surface area contributed by atoms with E-state index < -0.39 is 22.1 Å². The molecule has 2 aromatic carbocycles. The number of benzene rings is 2. The van der Waals surface area contributed by atoms with Gasteiger partial charge in [0.1, 0.15) is 22.3 Å². The van der Waals surface area contributed by atoms with Crippen molar-refractivity contribution in [2.24, 2.45) is 0 Å². The van der Waals surface area contributed by atoms with Crippen molar-refractivity contribution in [1.82, 2.24) is 0 Å². The first-order valence-electron chi connectivity index (χ1n) is 7.74. The number of carbonyl (C=O) groups excluding carboxylic acids is 1. The first-order valence-corrected chi connectivity index (χ1v) is 9.10. The highest BCUT2D eigenvalue weighted by molar-refractivity contribution is 7.71. The van der Waals surface area contributed by atoms with E-state index in [2.05, 4.69) is 0 Å². The normalized spacial score (nSPS) is 16.4. The predicted molar refractivity (Wildman–Crippen MR) is 93.8 cm³/mol. The third-order valence-corrected chi connectivity index (χ3v) is 4.63. The minimum atomic E-state index is -2.72. The fourth-order valence-corrected chi connectivity index (χ4v) is 3.32. The van der Waals surface area contributed by atoms with Crippen LogP contribution in [0.3, 0.4) is 0 Å². The Kier molecular flexibility index (Phi) is 4.47. The van der Waals surface area contributed by atoms with Crippen molar-refractivity contribution >= 4 is 27.8 Å². The van der Waals surface area contributed by atoms with Gasteiger partial charge in [0.15, 0.2) is 5.60 Å². The molecule has 0 atom stereocenters. The van der Waals surface area contributed by atoms with Crippen LogP contribution in [-0.4, -0.2) is 19.8 Å². The minimum absolute atomic E-state index is 0.0882. The van der Waals surface area contributed by atoms with Crippen LogP contribution >= 0.6 is 0 Å². The summed E-state index contributed by atoms with van der Waals surface area (Å²) in [6.45, 7) is 3.33. The number of ether oxygens (including phenoxy) is 1. The molecule has 1 heterocycles. The summed E-state index contributed by atoms with van der Waals surface area (Å²) in [5, 5.41) is 0. The molecular formula is C19H17FO4S. The van der Waals surface area contributed by atoms with Gasteiger partial charge in [0.2, 0.25) is 5.78 Å². The Balaban J connectivity index is 2.13. The highest BCUT2D eigenvalue weighted by atomic mass is 32.2. The molecule has 0 radical (unpaired) electrons. The zero-order chi connectivity index (χ0) is 18.2. The molecule has 6 heteroatoms. The Hall–Kier alpha value is -2.47. The van der Waals surface area contributed by atoms with Gasteiger partial charge >= 0.3 is 0 Å². The SMILES string of the molecule is CC1(C)OC(c2ccc(C[SH](=O)=O)c(F)c2)=C(c2ccccc2)C1=O. The van der Waals surface area contributed by atoms with Gasteiger partial charge in [0.05, 0.1) is 11.3 Å². The molecule has 25 heavy (non-hydrogen) atoms. The molecule has 0 bridgehead atoms. The molecule has 0 aliphatic carbocycles. The van der Waals surface area contributed by atoms with Crippen LogP contribution in [0.5, 0.6) is 0 Å². The molecule has 1 aliphatic heterocycles. The smallest absolute Gasteiger partial charge is 0.210 e. The molecule has 0 unspecified atom stereocenters. The minimum Gasteiger partial charge on any atom is -0.478 e. The first-order chi connectivity index (χ1) is 11.8. The quantitative estimate of drug-likeness (QED) is 0.851. The Morgan fingerprint density at radius 3 is 2.32 bits per heavy atom. The summed E-state index contributed by atoms with van der Waals surface area (Å²) in [5.41, 5.74) is 0.534. The lowest BCUT2D eigenvalue weighted by Crippen LogP contribution is -2.29. The molecule has 1 aliphatic rings. The summed E-state index contributed by atoms with van der Waals surface area (Å²) in [4.78, 5) is 12.8. The lowest BCUT2D eigenvalue weighted by Gasteiger charge is -2.18. The van der Waals surface area contributed by atoms with E-state index in [4.69, 9.17) is 4.74 Å². The van der Waals surface area contributed by atoms with Crippen LogP contribution in [0.2, 0.25) is 0 Å². The van der Waals surface area contributed by atoms with Gasteiger partial charge in [0.25, 0.3) is 0 Å². The van der Waals surface area contributed by atoms with Crippen LogP contribution in [0.25, 0.3) is 11.3 Å². The lowest BCUT2D eigenvalue weighted by molar-refractivity contribution is -0.125. The second kappa shape index (κ2) is 6.44. The molecule has 0 amide bonds. The van der Waals surface area contributed by atoms with Crippen LogP contribution in [-0.2, 0) is 26.0 Å². The fraction of sp³-hybridized carbons (Fsp3) is 0.211. The van der Waals surface area contributed by atoms with Crippen LogP contribution in [0.4, 0.5) is 4.39 Å². The third kappa shape index (κ3) is 3.35. The van der Waals surface area contributed by atoms with E-state index in [0.717, 1.165) is 0 Å². The van der Waals surface area contributed by atoms with Crippen molar-refractivity contribution in [2.45, 2.75) is 25.2 Å². The molecule has 0 saturated heterocycles. The maximum atomic E-state index is 14.3. The predicted octanol–water partition coefficient (Wildman–Crippen LogP) is 3.18. The van der Waals surface area contributed by atoms with Gasteiger partial charge in [-0.15, -0.1) is 0 Å². The van der Waals surface area contributed by atoms with Gasteiger partial charge in [-0.1, -0.05) is 42.5 Å². The van der Waals surface area contributed by atoms with Gasteiger partial charge in [-0.05, 0) is 25.5 Å². The summed E-state index contributed by atoms with van der Waals surface area (Å²) in [6, 6.07) is 13.2. The van der Waals surface area contributed by atoms with Gasteiger partial charge in [-0.3, -0.25) is 4.79 Å². The van der Waals surface area contributed by atoms with E-state index in [0.29, 0.717) is 22.5 Å². The second-order valence-electron chi connectivity index (χ2n) is 6.31. The van der Waals surface area contributed by atoms with Gasteiger partial charge in [0, 0.05) is 11.1 Å². The Morgan fingerprint density at radius 2 is 1.72 bits per heavy atom. The first kappa shape index (κ1) is 17.4. The number of ketones is 1. The summed E-state index contributed by atoms with van der Waals surface area (Å²) < 4.78 is 41.7. The Labute approximate surface area is 146 Å². The number of hydrogen-bond donors (Lipinski definition) is 1. The van der Waals surface area contributed by atoms with E-state index in [-0.39, 0.29) is 17.1 Å². The molecule has 0 spiro atoms. The van der Waals surface area contributed by atoms with Crippen molar-refractivity contribution in [3.8, 4) is 0 Å². The van der Waals surface area contributed by atoms with E-state index in [1.807, 2.05) is 18.2 Å². The van der Waals surface area contributed by atoms with Crippen LogP contribution < -0.4 is 0 Å². The summed E-state index contributed by atoms with van der Waals surface area (Å²) in [5.74, 6) is -0.881. The number of halogens is 1. The number of rotatable bonds is 4. The lowest BCUT2D eigenvalue weighted by atomic mass is 9.92. The number of hydrogen-bond acceptors (Lipinski definition) is 4. The van der Waals surface area contributed by atoms with Crippen molar-refractivity contribution in [1.29, 1.82) is 0 Å². The van der Waals surface area contributed by atoms with Crippen molar-refractivity contribution in [3.63, 3.8) is 0 Å². The Bertz CT molecular complexity index is 935. The number of thiol groups is 1. The maximum absolute atomic E-state index is 14.3. The van der Waals surface area contributed by atoms with E-state index in [1.54, 1.807) is 32.0 Å². The molecular weight excluding hydrogens is 343 g/mol. The molecule has 0 fully saturated rings. The highest BCUT2D eigenvalue weighted by Gasteiger charge is 2.42. The standard InChI is InChI=1S/C19H17FO4S/c1-19(2)18(21)16(12-6-4-3-5-7-12)17(24-19)13-8-9-14(11-25(22)23)15(20)10-13/h3-10,25H,11H2,1-2H3. The fourth-order valence-electron chi connectivity index (χ4n) is 2.78. The summed E-state index contributed by atoms with van der Waals surface area (Å²) in [7, 11) is -2.72. The molecule has 2 aromatic rings. The number of Topliss-reactive ketones (excluding diaryl/α,β-unsaturated/α-hetero) is 1. The van der Waals surface area contributed by atoms with Crippen molar-refractivity contribution < 1.29 is 22.3 Å². The van der Waals surface area contributed by atoms with E-state index in [9.17, 15) is 17.6 Å². The monoisotopic (exact) mass is 360 g/mol. The maximum Gasteiger partial charge on any atom is 0.210 e. The molecule has 3 rings (SSSR count). The van der Waals surface area contributed by atoms with Crippen LogP contribution in [0, 0.1) is 5.82 Å². The zero-order valence-electron chi connectivity index (χ0n) is 13.8. The van der Waals surface area contributed by atoms with Gasteiger partial charge in [-0.2, -0.15) is 0 Å². The average molecular weight is 360 g/mol. The highest BCUT2D eigenvalue weighted by Crippen LogP contribution is 2.41. The van der Waals surface area contributed by atoms with Crippen molar-refractivity contribution in [2.75, 3.05) is 0 Å². The Morgan fingerprint density at radius 1 is 1.04 bits per heavy atom. The van der Waals surface area contributed by atoms with Crippen LogP contribution in [0.15, 0.2) is 48.5 Å².